The van der Waals surface area contributed by atoms with E-state index in [0.29, 0.717) is 18.8 Å². The summed E-state index contributed by atoms with van der Waals surface area (Å²) < 4.78 is 1.44. The van der Waals surface area contributed by atoms with Crippen molar-refractivity contribution in [2.45, 2.75) is 6.54 Å². The number of carboxylic acids is 1. The summed E-state index contributed by atoms with van der Waals surface area (Å²) in [5.74, 6) is -1.10. The summed E-state index contributed by atoms with van der Waals surface area (Å²) in [5.41, 5.74) is 1.05. The van der Waals surface area contributed by atoms with Gasteiger partial charge in [-0.2, -0.15) is 5.26 Å². The first-order valence-corrected chi connectivity index (χ1v) is 5.42. The van der Waals surface area contributed by atoms with Gasteiger partial charge in [0.1, 0.15) is 11.8 Å². The van der Waals surface area contributed by atoms with Crippen molar-refractivity contribution >= 4 is 11.7 Å². The minimum Gasteiger partial charge on any atom is -0.476 e. The Morgan fingerprint density at radius 3 is 2.95 bits per heavy atom. The lowest BCUT2D eigenvalue weighted by molar-refractivity contribution is 0.0690. The molecule has 8 heteroatoms. The normalized spacial score (nSPS) is 9.84. The van der Waals surface area contributed by atoms with Crippen molar-refractivity contribution in [3.8, 4) is 6.07 Å². The number of hydrogen-bond acceptors (Lipinski definition) is 6. The van der Waals surface area contributed by atoms with E-state index in [1.54, 1.807) is 18.3 Å². The molecule has 2 rings (SSSR count). The first-order chi connectivity index (χ1) is 9.19. The number of hydrogen-bond donors (Lipinski definition) is 2. The summed E-state index contributed by atoms with van der Waals surface area (Å²) in [7, 11) is 0. The summed E-state index contributed by atoms with van der Waals surface area (Å²) in [6.45, 7) is 1.01. The van der Waals surface area contributed by atoms with Crippen LogP contribution in [0.1, 0.15) is 16.2 Å². The van der Waals surface area contributed by atoms with Crippen molar-refractivity contribution in [1.82, 2.24) is 20.0 Å². The van der Waals surface area contributed by atoms with Gasteiger partial charge >= 0.3 is 5.97 Å². The minimum atomic E-state index is -1.10. The van der Waals surface area contributed by atoms with E-state index in [2.05, 4.69) is 20.6 Å². The Bertz CT molecular complexity index is 613. The van der Waals surface area contributed by atoms with Gasteiger partial charge in [-0.25, -0.2) is 14.5 Å². The predicted octanol–water partition coefficient (Wildman–Crippen LogP) is 0.355. The molecular weight excluding hydrogens is 248 g/mol. The number of pyridine rings is 1. The average Bonchev–Trinajstić information content (AvgIpc) is 2.89. The second-order valence-electron chi connectivity index (χ2n) is 3.64. The quantitative estimate of drug-likeness (QED) is 0.794. The first kappa shape index (κ1) is 12.5. The topological polar surface area (TPSA) is 117 Å². The van der Waals surface area contributed by atoms with Gasteiger partial charge in [-0.1, -0.05) is 5.21 Å². The molecule has 8 nitrogen and oxygen atoms in total. The largest absolute Gasteiger partial charge is 0.476 e. The van der Waals surface area contributed by atoms with Crippen molar-refractivity contribution < 1.29 is 9.90 Å². The average molecular weight is 258 g/mol. The molecular formula is C11H10N6O2. The van der Waals surface area contributed by atoms with Crippen LogP contribution in [0.5, 0.6) is 0 Å². The number of carboxylic acid groups (broad SMARTS) is 1. The molecule has 0 aromatic carbocycles. The number of nitrogens with zero attached hydrogens (tertiary/aromatic N) is 5. The monoisotopic (exact) mass is 258 g/mol. The Morgan fingerprint density at radius 2 is 2.37 bits per heavy atom. The third-order valence-electron chi connectivity index (χ3n) is 2.31. The van der Waals surface area contributed by atoms with Gasteiger partial charge in [0, 0.05) is 6.54 Å². The van der Waals surface area contributed by atoms with E-state index in [1.165, 1.54) is 10.9 Å². The van der Waals surface area contributed by atoms with Crippen LogP contribution in [0.3, 0.4) is 0 Å². The number of aromatic nitrogens is 4. The zero-order valence-electron chi connectivity index (χ0n) is 9.82. The predicted molar refractivity (Wildman–Crippen MR) is 64.4 cm³/mol. The van der Waals surface area contributed by atoms with Crippen LogP contribution in [-0.4, -0.2) is 37.6 Å². The van der Waals surface area contributed by atoms with Crippen molar-refractivity contribution in [3.05, 3.63) is 35.9 Å². The van der Waals surface area contributed by atoms with Gasteiger partial charge in [0.05, 0.1) is 24.6 Å². The molecule has 0 saturated heterocycles. The molecule has 0 spiro atoms. The third kappa shape index (κ3) is 3.26. The highest BCUT2D eigenvalue weighted by Gasteiger charge is 2.07. The van der Waals surface area contributed by atoms with Gasteiger partial charge in [0.25, 0.3) is 0 Å². The SMILES string of the molecule is N#Cc1ccc(NCCn2cc(C(=O)O)nn2)cn1. The van der Waals surface area contributed by atoms with Crippen LogP contribution in [0.15, 0.2) is 24.5 Å². The van der Waals surface area contributed by atoms with Gasteiger partial charge in [-0.3, -0.25) is 0 Å². The molecule has 2 N–H and O–H groups in total. The van der Waals surface area contributed by atoms with Crippen molar-refractivity contribution in [3.63, 3.8) is 0 Å². The highest BCUT2D eigenvalue weighted by atomic mass is 16.4. The minimum absolute atomic E-state index is 0.0833. The van der Waals surface area contributed by atoms with E-state index in [1.807, 2.05) is 6.07 Å². The fraction of sp³-hybridized carbons (Fsp3) is 0.182. The number of aromatic carboxylic acids is 1. The lowest BCUT2D eigenvalue weighted by atomic mass is 10.3. The van der Waals surface area contributed by atoms with Crippen LogP contribution < -0.4 is 5.32 Å². The maximum Gasteiger partial charge on any atom is 0.358 e. The fourth-order valence-corrected chi connectivity index (χ4v) is 1.39. The number of rotatable bonds is 5. The molecule has 2 aromatic heterocycles. The number of carbonyl (C=O) groups is 1. The van der Waals surface area contributed by atoms with Gasteiger partial charge in [-0.05, 0) is 12.1 Å². The Hall–Kier alpha value is -2.95. The maximum absolute atomic E-state index is 10.6. The van der Waals surface area contributed by atoms with Gasteiger partial charge in [0.15, 0.2) is 5.69 Å². The summed E-state index contributed by atoms with van der Waals surface area (Å²) in [4.78, 5) is 14.5. The number of nitriles is 1. The number of anilines is 1. The highest BCUT2D eigenvalue weighted by molar-refractivity contribution is 5.84. The molecule has 0 bridgehead atoms. The zero-order valence-corrected chi connectivity index (χ0v) is 9.82. The van der Waals surface area contributed by atoms with E-state index in [-0.39, 0.29) is 5.69 Å². The van der Waals surface area contributed by atoms with Crippen LogP contribution in [0.25, 0.3) is 0 Å². The van der Waals surface area contributed by atoms with Crippen molar-refractivity contribution in [2.75, 3.05) is 11.9 Å². The molecule has 0 aliphatic carbocycles. The summed E-state index contributed by atoms with van der Waals surface area (Å²) in [6, 6.07) is 5.29. The summed E-state index contributed by atoms with van der Waals surface area (Å²) >= 11 is 0. The van der Waals surface area contributed by atoms with Crippen molar-refractivity contribution in [1.29, 1.82) is 5.26 Å². The Morgan fingerprint density at radius 1 is 1.53 bits per heavy atom. The van der Waals surface area contributed by atoms with Crippen LogP contribution in [0.4, 0.5) is 5.69 Å². The third-order valence-corrected chi connectivity index (χ3v) is 2.31. The number of nitrogens with one attached hydrogen (secondary N) is 1. The molecule has 0 atom stereocenters. The van der Waals surface area contributed by atoms with Crippen LogP contribution in [-0.2, 0) is 6.54 Å². The molecule has 0 radical (unpaired) electrons. The van der Waals surface area contributed by atoms with Crippen LogP contribution >= 0.6 is 0 Å². The molecule has 2 aromatic rings. The summed E-state index contributed by atoms with van der Waals surface area (Å²) in [5, 5.41) is 27.5. The van der Waals surface area contributed by atoms with Gasteiger partial charge in [-0.15, -0.1) is 5.10 Å². The Kier molecular flexibility index (Phi) is 3.68. The lowest BCUT2D eigenvalue weighted by Crippen LogP contribution is -2.11. The van der Waals surface area contributed by atoms with Crippen LogP contribution in [0, 0.1) is 11.3 Å². The molecule has 0 saturated carbocycles. The van der Waals surface area contributed by atoms with E-state index in [0.717, 1.165) is 5.69 Å². The first-order valence-electron chi connectivity index (χ1n) is 5.42. The Balaban J connectivity index is 1.85. The van der Waals surface area contributed by atoms with Crippen molar-refractivity contribution in [2.24, 2.45) is 0 Å². The molecule has 0 aliphatic heterocycles. The van der Waals surface area contributed by atoms with E-state index in [9.17, 15) is 4.79 Å². The molecule has 2 heterocycles. The van der Waals surface area contributed by atoms with E-state index in [4.69, 9.17) is 10.4 Å². The molecule has 0 fully saturated rings. The van der Waals surface area contributed by atoms with Gasteiger partial charge in [0.2, 0.25) is 0 Å². The highest BCUT2D eigenvalue weighted by Crippen LogP contribution is 2.05. The fourth-order valence-electron chi connectivity index (χ4n) is 1.39. The molecule has 0 amide bonds. The van der Waals surface area contributed by atoms with E-state index >= 15 is 0 Å². The van der Waals surface area contributed by atoms with Crippen LogP contribution in [0.2, 0.25) is 0 Å². The molecule has 96 valence electrons. The van der Waals surface area contributed by atoms with Gasteiger partial charge < -0.3 is 10.4 Å². The molecule has 0 unspecified atom stereocenters. The van der Waals surface area contributed by atoms with E-state index < -0.39 is 5.97 Å². The lowest BCUT2D eigenvalue weighted by Gasteiger charge is -2.05. The second kappa shape index (κ2) is 5.59. The zero-order chi connectivity index (χ0) is 13.7. The summed E-state index contributed by atoms with van der Waals surface area (Å²) in [6.07, 6.45) is 2.92. The smallest absolute Gasteiger partial charge is 0.358 e. The molecule has 19 heavy (non-hydrogen) atoms. The second-order valence-corrected chi connectivity index (χ2v) is 3.64. The Labute approximate surface area is 108 Å². The molecule has 0 aliphatic rings. The standard InChI is InChI=1S/C11H10N6O2/c12-5-8-1-2-9(6-14-8)13-3-4-17-7-10(11(18)19)15-16-17/h1-2,6-7,13H,3-4H2,(H,18,19). The maximum atomic E-state index is 10.6.